The first kappa shape index (κ1) is 19.7. The zero-order valence-electron chi connectivity index (χ0n) is 17.4. The fourth-order valence-electron chi connectivity index (χ4n) is 3.79. The van der Waals surface area contributed by atoms with E-state index < -0.39 is 5.97 Å². The highest BCUT2D eigenvalue weighted by molar-refractivity contribution is 6.36. The van der Waals surface area contributed by atoms with Crippen LogP contribution in [0.4, 0.5) is 5.69 Å². The van der Waals surface area contributed by atoms with Crippen molar-refractivity contribution in [1.82, 2.24) is 4.90 Å². The van der Waals surface area contributed by atoms with Crippen LogP contribution in [-0.2, 0) is 9.53 Å². The van der Waals surface area contributed by atoms with E-state index in [1.807, 2.05) is 70.6 Å². The minimum Gasteiger partial charge on any atom is -0.463 e. The number of aryl methyl sites for hydroxylation is 1. The number of hydrazone groups is 1. The van der Waals surface area contributed by atoms with Crippen molar-refractivity contribution in [1.29, 1.82) is 0 Å². The molecule has 0 spiro atoms. The van der Waals surface area contributed by atoms with E-state index in [1.165, 1.54) is 12.7 Å². The van der Waals surface area contributed by atoms with Crippen molar-refractivity contribution in [2.75, 3.05) is 12.1 Å². The van der Waals surface area contributed by atoms with Gasteiger partial charge in [0, 0.05) is 0 Å². The van der Waals surface area contributed by atoms with Gasteiger partial charge in [0.2, 0.25) is 5.84 Å². The van der Waals surface area contributed by atoms with Gasteiger partial charge in [-0.05, 0) is 37.1 Å². The van der Waals surface area contributed by atoms with Crippen LogP contribution >= 0.6 is 0 Å². The van der Waals surface area contributed by atoms with Crippen molar-refractivity contribution in [3.05, 3.63) is 102 Å². The monoisotopic (exact) mass is 399 g/mol. The van der Waals surface area contributed by atoms with Gasteiger partial charge in [0.1, 0.15) is 0 Å². The Morgan fingerprint density at radius 3 is 2.13 bits per heavy atom. The lowest BCUT2D eigenvalue weighted by atomic mass is 10.0. The maximum atomic E-state index is 12.7. The molecule has 1 heterocycles. The minimum absolute atomic E-state index is 0.0929. The molecule has 0 saturated heterocycles. The van der Waals surface area contributed by atoms with E-state index >= 15 is 0 Å². The first-order valence-corrected chi connectivity index (χ1v) is 10.0. The number of amidine groups is 1. The number of nitrogens with zero attached hydrogens (tertiary/aromatic N) is 3. The average Bonchev–Trinajstić information content (AvgIpc) is 3.20. The van der Waals surface area contributed by atoms with Gasteiger partial charge in [-0.15, -0.1) is 5.10 Å². The number of ether oxygens (including phenoxy) is 1. The van der Waals surface area contributed by atoms with E-state index in [-0.39, 0.29) is 12.2 Å². The van der Waals surface area contributed by atoms with E-state index in [0.717, 1.165) is 16.8 Å². The summed E-state index contributed by atoms with van der Waals surface area (Å²) in [6.45, 7) is 4.14. The zero-order valence-corrected chi connectivity index (χ0v) is 17.4. The predicted molar refractivity (Wildman–Crippen MR) is 119 cm³/mol. The molecule has 0 amide bonds. The standard InChI is InChI=1S/C25H25N3O2/c1-18-14-16-22(17-15-18)28-24(21-12-8-5-9-13-21)27(23(26-28)25(29)30-3)19(2)20-10-6-4-7-11-20/h4-17,19,24H,1-3H3/t19-,24+/m0/s1. The van der Waals surface area contributed by atoms with Gasteiger partial charge in [-0.1, -0.05) is 78.4 Å². The second-order valence-electron chi connectivity index (χ2n) is 7.37. The zero-order chi connectivity index (χ0) is 21.1. The Kier molecular flexibility index (Phi) is 5.53. The highest BCUT2D eigenvalue weighted by atomic mass is 16.5. The van der Waals surface area contributed by atoms with Crippen LogP contribution in [-0.4, -0.2) is 23.8 Å². The topological polar surface area (TPSA) is 45.1 Å². The van der Waals surface area contributed by atoms with Crippen molar-refractivity contribution in [3.8, 4) is 0 Å². The Bertz CT molecular complexity index is 1030. The third kappa shape index (κ3) is 3.66. The molecule has 2 atom stereocenters. The fourth-order valence-corrected chi connectivity index (χ4v) is 3.79. The van der Waals surface area contributed by atoms with Crippen LogP contribution in [0.2, 0.25) is 0 Å². The van der Waals surface area contributed by atoms with Gasteiger partial charge in [0.25, 0.3) is 0 Å². The molecule has 0 unspecified atom stereocenters. The maximum absolute atomic E-state index is 12.7. The minimum atomic E-state index is -0.451. The molecule has 0 aromatic heterocycles. The summed E-state index contributed by atoms with van der Waals surface area (Å²) in [5.41, 5.74) is 4.23. The van der Waals surface area contributed by atoms with Crippen LogP contribution in [0.5, 0.6) is 0 Å². The largest absolute Gasteiger partial charge is 0.463 e. The summed E-state index contributed by atoms with van der Waals surface area (Å²) in [6, 6.07) is 28.3. The predicted octanol–water partition coefficient (Wildman–Crippen LogP) is 5.06. The Morgan fingerprint density at radius 1 is 0.933 bits per heavy atom. The molecule has 152 valence electrons. The number of esters is 1. The van der Waals surface area contributed by atoms with Gasteiger partial charge in [0.15, 0.2) is 6.17 Å². The molecule has 0 N–H and O–H groups in total. The van der Waals surface area contributed by atoms with Crippen LogP contribution in [0.1, 0.15) is 35.8 Å². The van der Waals surface area contributed by atoms with E-state index in [1.54, 1.807) is 0 Å². The third-order valence-electron chi connectivity index (χ3n) is 5.41. The normalized spacial score (nSPS) is 16.9. The number of benzene rings is 3. The van der Waals surface area contributed by atoms with Gasteiger partial charge in [0.05, 0.1) is 18.8 Å². The molecule has 3 aromatic carbocycles. The van der Waals surface area contributed by atoms with E-state index in [0.29, 0.717) is 5.84 Å². The first-order valence-electron chi connectivity index (χ1n) is 10.0. The van der Waals surface area contributed by atoms with Crippen molar-refractivity contribution in [2.45, 2.75) is 26.1 Å². The van der Waals surface area contributed by atoms with Crippen LogP contribution in [0.25, 0.3) is 0 Å². The molecule has 1 aliphatic rings. The molecule has 5 nitrogen and oxygen atoms in total. The molecular weight excluding hydrogens is 374 g/mol. The number of methoxy groups -OCH3 is 1. The summed E-state index contributed by atoms with van der Waals surface area (Å²) in [7, 11) is 1.39. The smallest absolute Gasteiger partial charge is 0.375 e. The van der Waals surface area contributed by atoms with Gasteiger partial charge >= 0.3 is 5.97 Å². The first-order chi connectivity index (χ1) is 14.6. The summed E-state index contributed by atoms with van der Waals surface area (Å²) in [5.74, 6) is -0.156. The van der Waals surface area contributed by atoms with Crippen LogP contribution in [0.3, 0.4) is 0 Å². The number of anilines is 1. The molecule has 1 aliphatic heterocycles. The number of carbonyl (C=O) groups excluding carboxylic acids is 1. The van der Waals surface area contributed by atoms with Gasteiger partial charge in [-0.3, -0.25) is 0 Å². The highest BCUT2D eigenvalue weighted by Gasteiger charge is 2.42. The Morgan fingerprint density at radius 2 is 1.53 bits per heavy atom. The lowest BCUT2D eigenvalue weighted by Gasteiger charge is -2.36. The Labute approximate surface area is 177 Å². The van der Waals surface area contributed by atoms with Crippen molar-refractivity contribution >= 4 is 17.5 Å². The van der Waals surface area contributed by atoms with Crippen molar-refractivity contribution in [3.63, 3.8) is 0 Å². The summed E-state index contributed by atoms with van der Waals surface area (Å²) >= 11 is 0. The molecular formula is C25H25N3O2. The van der Waals surface area contributed by atoms with Crippen molar-refractivity contribution in [2.24, 2.45) is 5.10 Å². The Hall–Kier alpha value is -3.60. The molecule has 30 heavy (non-hydrogen) atoms. The maximum Gasteiger partial charge on any atom is 0.375 e. The van der Waals surface area contributed by atoms with Crippen LogP contribution in [0, 0.1) is 6.92 Å². The number of rotatable bonds is 5. The van der Waals surface area contributed by atoms with Gasteiger partial charge in [-0.25, -0.2) is 9.80 Å². The fraction of sp³-hybridized carbons (Fsp3) is 0.200. The van der Waals surface area contributed by atoms with E-state index in [2.05, 4.69) is 38.1 Å². The molecule has 4 rings (SSSR count). The van der Waals surface area contributed by atoms with Gasteiger partial charge < -0.3 is 9.64 Å². The average molecular weight is 399 g/mol. The molecule has 0 aliphatic carbocycles. The molecule has 0 fully saturated rings. The van der Waals surface area contributed by atoms with E-state index in [4.69, 9.17) is 9.84 Å². The van der Waals surface area contributed by atoms with Crippen LogP contribution in [0.15, 0.2) is 90.0 Å². The lowest BCUT2D eigenvalue weighted by molar-refractivity contribution is -0.133. The Balaban J connectivity index is 1.86. The number of hydrogen-bond acceptors (Lipinski definition) is 5. The van der Waals surface area contributed by atoms with Gasteiger partial charge in [-0.2, -0.15) is 0 Å². The molecule has 0 radical (unpaired) electrons. The summed E-state index contributed by atoms with van der Waals surface area (Å²) in [4.78, 5) is 14.8. The number of hydrogen-bond donors (Lipinski definition) is 0. The lowest BCUT2D eigenvalue weighted by Crippen LogP contribution is -2.40. The molecule has 0 saturated carbocycles. The quantitative estimate of drug-likeness (QED) is 0.563. The number of carbonyl (C=O) groups is 1. The molecule has 3 aromatic rings. The van der Waals surface area contributed by atoms with Crippen LogP contribution < -0.4 is 5.01 Å². The SMILES string of the molecule is COC(=O)C1=NN(c2ccc(C)cc2)[C@H](c2ccccc2)N1[C@@H](C)c1ccccc1. The van der Waals surface area contributed by atoms with E-state index in [9.17, 15) is 4.79 Å². The summed E-state index contributed by atoms with van der Waals surface area (Å²) < 4.78 is 5.10. The molecule has 0 bridgehead atoms. The molecule has 5 heteroatoms. The highest BCUT2D eigenvalue weighted by Crippen LogP contribution is 2.40. The second-order valence-corrected chi connectivity index (χ2v) is 7.37. The third-order valence-corrected chi connectivity index (χ3v) is 5.41. The summed E-state index contributed by atoms with van der Waals surface area (Å²) in [6.07, 6.45) is -0.279. The van der Waals surface area contributed by atoms with Crippen molar-refractivity contribution < 1.29 is 9.53 Å². The second kappa shape index (κ2) is 8.41. The summed E-state index contributed by atoms with van der Waals surface area (Å²) in [5, 5.41) is 6.65.